The van der Waals surface area contributed by atoms with E-state index in [1.54, 1.807) is 25.2 Å². The molecule has 0 saturated heterocycles. The highest BCUT2D eigenvalue weighted by Gasteiger charge is 2.18. The van der Waals surface area contributed by atoms with E-state index in [0.717, 1.165) is 5.56 Å². The second kappa shape index (κ2) is 6.89. The van der Waals surface area contributed by atoms with Crippen LogP contribution in [0.15, 0.2) is 24.3 Å². The van der Waals surface area contributed by atoms with Gasteiger partial charge in [0.1, 0.15) is 12.1 Å². The summed E-state index contributed by atoms with van der Waals surface area (Å²) in [6, 6.07) is 8.56. The number of nitriles is 1. The van der Waals surface area contributed by atoms with Crippen molar-refractivity contribution in [3.8, 4) is 6.07 Å². The van der Waals surface area contributed by atoms with Crippen LogP contribution in [0.5, 0.6) is 0 Å². The number of esters is 1. The smallest absolute Gasteiger partial charge is 0.324 e. The van der Waals surface area contributed by atoms with Crippen LogP contribution in [0.25, 0.3) is 0 Å². The lowest BCUT2D eigenvalue weighted by Gasteiger charge is -2.14. The van der Waals surface area contributed by atoms with Crippen molar-refractivity contribution in [3.05, 3.63) is 34.9 Å². The Labute approximate surface area is 105 Å². The molecular weight excluding hydrogens is 240 g/mol. The van der Waals surface area contributed by atoms with Crippen LogP contribution in [-0.4, -0.2) is 25.7 Å². The second-order valence-electron chi connectivity index (χ2n) is 3.44. The van der Waals surface area contributed by atoms with E-state index in [2.05, 4.69) is 5.32 Å². The number of ether oxygens (including phenoxy) is 1. The summed E-state index contributed by atoms with van der Waals surface area (Å²) in [5.41, 5.74) is 0.936. The minimum absolute atomic E-state index is 0.230. The minimum Gasteiger partial charge on any atom is -0.449 e. The molecule has 0 bridgehead atoms. The van der Waals surface area contributed by atoms with Crippen LogP contribution < -0.4 is 5.32 Å². The number of hydrogen-bond acceptors (Lipinski definition) is 4. The molecule has 1 rings (SSSR count). The van der Waals surface area contributed by atoms with E-state index < -0.39 is 12.0 Å². The second-order valence-corrected chi connectivity index (χ2v) is 3.88. The van der Waals surface area contributed by atoms with Crippen molar-refractivity contribution in [1.29, 1.82) is 5.26 Å². The third-order valence-electron chi connectivity index (χ3n) is 2.24. The summed E-state index contributed by atoms with van der Waals surface area (Å²) in [5, 5.41) is 11.8. The Morgan fingerprint density at radius 2 is 2.41 bits per heavy atom. The SMILES string of the molecule is CNC(Cc1cccc(Cl)c1)C(=O)OCC#N. The van der Waals surface area contributed by atoms with E-state index in [1.807, 2.05) is 12.1 Å². The summed E-state index contributed by atoms with van der Waals surface area (Å²) in [4.78, 5) is 11.6. The van der Waals surface area contributed by atoms with Crippen molar-refractivity contribution >= 4 is 17.6 Å². The van der Waals surface area contributed by atoms with Gasteiger partial charge in [-0.3, -0.25) is 4.79 Å². The van der Waals surface area contributed by atoms with Crippen LogP contribution in [-0.2, 0) is 16.0 Å². The number of nitrogens with one attached hydrogen (secondary N) is 1. The third-order valence-corrected chi connectivity index (χ3v) is 2.48. The van der Waals surface area contributed by atoms with Gasteiger partial charge in [0, 0.05) is 5.02 Å². The maximum Gasteiger partial charge on any atom is 0.324 e. The zero-order valence-corrected chi connectivity index (χ0v) is 10.2. The molecule has 0 fully saturated rings. The average Bonchev–Trinajstić information content (AvgIpc) is 2.33. The molecule has 17 heavy (non-hydrogen) atoms. The maximum absolute atomic E-state index is 11.6. The molecule has 4 nitrogen and oxygen atoms in total. The molecular formula is C12H13ClN2O2. The lowest BCUT2D eigenvalue weighted by molar-refractivity contribution is -0.144. The van der Waals surface area contributed by atoms with E-state index in [-0.39, 0.29) is 6.61 Å². The molecule has 1 atom stereocenters. The Morgan fingerprint density at radius 1 is 1.65 bits per heavy atom. The average molecular weight is 253 g/mol. The molecule has 0 heterocycles. The van der Waals surface area contributed by atoms with Crippen LogP contribution in [0.2, 0.25) is 5.02 Å². The maximum atomic E-state index is 11.6. The first-order valence-electron chi connectivity index (χ1n) is 5.12. The Kier molecular flexibility index (Phi) is 5.47. The first-order valence-corrected chi connectivity index (χ1v) is 5.50. The van der Waals surface area contributed by atoms with Crippen molar-refractivity contribution in [3.63, 3.8) is 0 Å². The van der Waals surface area contributed by atoms with Gasteiger partial charge in [0.25, 0.3) is 0 Å². The number of likely N-dealkylation sites (N-methyl/N-ethyl adjacent to an activating group) is 1. The monoisotopic (exact) mass is 252 g/mol. The van der Waals surface area contributed by atoms with Crippen LogP contribution >= 0.6 is 11.6 Å². The van der Waals surface area contributed by atoms with Gasteiger partial charge < -0.3 is 10.1 Å². The molecule has 0 spiro atoms. The van der Waals surface area contributed by atoms with Gasteiger partial charge in [0.15, 0.2) is 6.61 Å². The predicted molar refractivity (Wildman–Crippen MR) is 64.6 cm³/mol. The van der Waals surface area contributed by atoms with E-state index in [0.29, 0.717) is 11.4 Å². The molecule has 0 aliphatic carbocycles. The van der Waals surface area contributed by atoms with Gasteiger partial charge >= 0.3 is 5.97 Å². The Hall–Kier alpha value is -1.57. The van der Waals surface area contributed by atoms with E-state index in [9.17, 15) is 4.79 Å². The summed E-state index contributed by atoms with van der Waals surface area (Å²) in [6.07, 6.45) is 0.474. The normalized spacial score (nSPS) is 11.6. The van der Waals surface area contributed by atoms with Crippen LogP contribution in [0.1, 0.15) is 5.56 Å². The number of carbonyl (C=O) groups is 1. The van der Waals surface area contributed by atoms with Crippen molar-refractivity contribution in [2.24, 2.45) is 0 Å². The molecule has 1 unspecified atom stereocenters. The Balaban J connectivity index is 2.64. The number of nitrogens with zero attached hydrogens (tertiary/aromatic N) is 1. The highest BCUT2D eigenvalue weighted by atomic mass is 35.5. The molecule has 90 valence electrons. The fourth-order valence-electron chi connectivity index (χ4n) is 1.41. The Morgan fingerprint density at radius 3 is 3.00 bits per heavy atom. The number of hydrogen-bond donors (Lipinski definition) is 1. The molecule has 5 heteroatoms. The van der Waals surface area contributed by atoms with E-state index >= 15 is 0 Å². The third kappa shape index (κ3) is 4.43. The molecule has 0 saturated carbocycles. The lowest BCUT2D eigenvalue weighted by Crippen LogP contribution is -2.37. The largest absolute Gasteiger partial charge is 0.449 e. The molecule has 1 aromatic rings. The van der Waals surface area contributed by atoms with Crippen molar-refractivity contribution < 1.29 is 9.53 Å². The van der Waals surface area contributed by atoms with Gasteiger partial charge in [0.05, 0.1) is 0 Å². The van der Waals surface area contributed by atoms with Gasteiger partial charge in [-0.2, -0.15) is 5.26 Å². The summed E-state index contributed by atoms with van der Waals surface area (Å²) in [7, 11) is 1.67. The number of carbonyl (C=O) groups excluding carboxylic acids is 1. The fraction of sp³-hybridized carbons (Fsp3) is 0.333. The highest BCUT2D eigenvalue weighted by molar-refractivity contribution is 6.30. The molecule has 0 aliphatic heterocycles. The summed E-state index contributed by atoms with van der Waals surface area (Å²) in [5.74, 6) is -0.436. The summed E-state index contributed by atoms with van der Waals surface area (Å²) < 4.78 is 4.75. The standard InChI is InChI=1S/C12H13ClN2O2/c1-15-11(12(16)17-6-5-14)8-9-3-2-4-10(13)7-9/h2-4,7,11,15H,6,8H2,1H3. The number of halogens is 1. The van der Waals surface area contributed by atoms with Crippen LogP contribution in [0, 0.1) is 11.3 Å². The topological polar surface area (TPSA) is 62.1 Å². The quantitative estimate of drug-likeness (QED) is 0.808. The van der Waals surface area contributed by atoms with Gasteiger partial charge in [-0.05, 0) is 31.2 Å². The van der Waals surface area contributed by atoms with Gasteiger partial charge in [-0.25, -0.2) is 0 Å². The summed E-state index contributed by atoms with van der Waals surface area (Å²) in [6.45, 7) is -0.230. The zero-order valence-electron chi connectivity index (χ0n) is 9.44. The molecule has 1 aromatic carbocycles. The number of benzene rings is 1. The zero-order chi connectivity index (χ0) is 12.7. The highest BCUT2D eigenvalue weighted by Crippen LogP contribution is 2.12. The predicted octanol–water partition coefficient (Wildman–Crippen LogP) is 1.54. The number of rotatable bonds is 5. The molecule has 0 aliphatic rings. The van der Waals surface area contributed by atoms with Crippen molar-refractivity contribution in [2.45, 2.75) is 12.5 Å². The van der Waals surface area contributed by atoms with Crippen molar-refractivity contribution in [1.82, 2.24) is 5.32 Å². The van der Waals surface area contributed by atoms with Crippen LogP contribution in [0.3, 0.4) is 0 Å². The van der Waals surface area contributed by atoms with Gasteiger partial charge in [-0.1, -0.05) is 23.7 Å². The molecule has 0 radical (unpaired) electrons. The van der Waals surface area contributed by atoms with Crippen LogP contribution in [0.4, 0.5) is 0 Å². The van der Waals surface area contributed by atoms with E-state index in [1.165, 1.54) is 0 Å². The fourth-order valence-corrected chi connectivity index (χ4v) is 1.62. The summed E-state index contributed by atoms with van der Waals surface area (Å²) >= 11 is 5.86. The first-order chi connectivity index (χ1) is 8.17. The molecule has 0 amide bonds. The minimum atomic E-state index is -0.471. The first kappa shape index (κ1) is 13.5. The van der Waals surface area contributed by atoms with Gasteiger partial charge in [-0.15, -0.1) is 0 Å². The van der Waals surface area contributed by atoms with Crippen molar-refractivity contribution in [2.75, 3.05) is 13.7 Å². The lowest BCUT2D eigenvalue weighted by atomic mass is 10.1. The van der Waals surface area contributed by atoms with Gasteiger partial charge in [0.2, 0.25) is 0 Å². The Bertz CT molecular complexity index is 429. The van der Waals surface area contributed by atoms with E-state index in [4.69, 9.17) is 21.6 Å². The molecule has 1 N–H and O–H groups in total. The molecule has 0 aromatic heterocycles.